The molecule has 0 radical (unpaired) electrons. The molecule has 5 rings (SSSR count). The Hall–Kier alpha value is -2.80. The van der Waals surface area contributed by atoms with Crippen molar-refractivity contribution in [2.45, 2.75) is 45.2 Å². The fraction of sp³-hybridized carbons (Fsp3) is 0.407. The number of likely N-dealkylation sites (tertiary alicyclic amines) is 1. The Kier molecular flexibility index (Phi) is 5.92. The minimum atomic E-state index is -0.391. The summed E-state index contributed by atoms with van der Waals surface area (Å²) in [7, 11) is 1.56. The molecule has 0 bridgehead atoms. The molecule has 1 saturated carbocycles. The molecule has 1 amide bonds. The van der Waals surface area contributed by atoms with E-state index in [1.807, 2.05) is 24.9 Å². The van der Waals surface area contributed by atoms with Crippen LogP contribution in [-0.2, 0) is 9.53 Å². The number of halogens is 1. The third kappa shape index (κ3) is 4.33. The second-order valence-electron chi connectivity index (χ2n) is 10.1. The van der Waals surface area contributed by atoms with Gasteiger partial charge in [-0.1, -0.05) is 48.0 Å². The number of amides is 1. The Morgan fingerprint density at radius 1 is 1.26 bits per heavy atom. The maximum absolute atomic E-state index is 13.7. The van der Waals surface area contributed by atoms with E-state index in [1.54, 1.807) is 7.11 Å². The van der Waals surface area contributed by atoms with Crippen LogP contribution in [-0.4, -0.2) is 40.5 Å². The van der Waals surface area contributed by atoms with Gasteiger partial charge in [0.15, 0.2) is 5.88 Å². The highest BCUT2D eigenvalue weighted by atomic mass is 79.9. The van der Waals surface area contributed by atoms with Crippen LogP contribution >= 0.6 is 15.9 Å². The normalized spacial score (nSPS) is 19.6. The lowest BCUT2D eigenvalue weighted by atomic mass is 10.0. The molecule has 3 aromatic rings. The number of H-pyrrole nitrogens is 1. The summed E-state index contributed by atoms with van der Waals surface area (Å²) in [6.45, 7) is 8.72. The molecule has 2 fully saturated rings. The first kappa shape index (κ1) is 23.0. The Balaban J connectivity index is 1.43. The first-order valence-electron chi connectivity index (χ1n) is 11.8. The maximum Gasteiger partial charge on any atom is 0.246 e. The first-order valence-corrected chi connectivity index (χ1v) is 12.6. The molecule has 2 aromatic carbocycles. The third-order valence-corrected chi connectivity index (χ3v) is 7.76. The summed E-state index contributed by atoms with van der Waals surface area (Å²) in [5, 5.41) is 5.54. The molecule has 2 aliphatic rings. The fourth-order valence-corrected chi connectivity index (χ4v) is 5.41. The molecule has 34 heavy (non-hydrogen) atoms. The van der Waals surface area contributed by atoms with E-state index >= 15 is 0 Å². The van der Waals surface area contributed by atoms with Crippen LogP contribution in [0.1, 0.15) is 45.0 Å². The molecule has 178 valence electrons. The van der Waals surface area contributed by atoms with E-state index in [1.165, 1.54) is 23.6 Å². The summed E-state index contributed by atoms with van der Waals surface area (Å²) >= 11 is 3.54. The van der Waals surface area contributed by atoms with E-state index in [4.69, 9.17) is 9.72 Å². The van der Waals surface area contributed by atoms with Gasteiger partial charge in [-0.25, -0.2) is 4.98 Å². The van der Waals surface area contributed by atoms with Crippen molar-refractivity contribution in [1.82, 2.24) is 20.2 Å². The van der Waals surface area contributed by atoms with Crippen LogP contribution in [0.3, 0.4) is 0 Å². The Morgan fingerprint density at radius 2 is 2.00 bits per heavy atom. The number of rotatable bonds is 7. The molecule has 1 aromatic heterocycles. The number of carbonyl (C=O) groups excluding carboxylic acids is 1. The summed E-state index contributed by atoms with van der Waals surface area (Å²) in [4.78, 5) is 24.0. The van der Waals surface area contributed by atoms with Crippen molar-refractivity contribution in [1.29, 1.82) is 0 Å². The number of methoxy groups -OCH3 is 1. The highest BCUT2D eigenvalue weighted by molar-refractivity contribution is 9.10. The van der Waals surface area contributed by atoms with Crippen molar-refractivity contribution in [2.75, 3.05) is 13.7 Å². The summed E-state index contributed by atoms with van der Waals surface area (Å²) in [5.74, 6) is 1.44. The SMILES string of the molecule is C=C(N[C@H](C(=O)N1CC2(CC2)C[C@H]1c1ncc(-c2ccc3cc(Br)ccc3c2)[nH]1)C(C)C)OC. The Bertz CT molecular complexity index is 1250. The summed E-state index contributed by atoms with van der Waals surface area (Å²) in [6, 6.07) is 12.3. The molecule has 7 heteroatoms. The zero-order chi connectivity index (χ0) is 24.0. The van der Waals surface area contributed by atoms with E-state index in [9.17, 15) is 4.79 Å². The van der Waals surface area contributed by atoms with Gasteiger partial charge in [0.25, 0.3) is 0 Å². The largest absolute Gasteiger partial charge is 0.483 e. The van der Waals surface area contributed by atoms with E-state index in [-0.39, 0.29) is 23.3 Å². The predicted molar refractivity (Wildman–Crippen MR) is 138 cm³/mol. The number of hydrogen-bond acceptors (Lipinski definition) is 4. The van der Waals surface area contributed by atoms with Crippen molar-refractivity contribution < 1.29 is 9.53 Å². The van der Waals surface area contributed by atoms with Gasteiger partial charge >= 0.3 is 0 Å². The second kappa shape index (κ2) is 8.77. The van der Waals surface area contributed by atoms with Crippen molar-refractivity contribution in [3.63, 3.8) is 0 Å². The van der Waals surface area contributed by atoms with E-state index in [2.05, 4.69) is 69.2 Å². The number of aromatic nitrogens is 2. The molecule has 2 N–H and O–H groups in total. The lowest BCUT2D eigenvalue weighted by Gasteiger charge is -2.31. The lowest BCUT2D eigenvalue weighted by Crippen LogP contribution is -2.49. The maximum atomic E-state index is 13.7. The van der Waals surface area contributed by atoms with Gasteiger partial charge in [-0.15, -0.1) is 0 Å². The van der Waals surface area contributed by atoms with Gasteiger partial charge < -0.3 is 19.9 Å². The third-order valence-electron chi connectivity index (χ3n) is 7.27. The molecule has 2 atom stereocenters. The van der Waals surface area contributed by atoms with Crippen LogP contribution in [0.25, 0.3) is 22.0 Å². The van der Waals surface area contributed by atoms with Crippen molar-refractivity contribution in [3.05, 3.63) is 65.4 Å². The molecule has 2 heterocycles. The van der Waals surface area contributed by atoms with Crippen molar-refractivity contribution in [2.24, 2.45) is 11.3 Å². The number of fused-ring (bicyclic) bond motifs is 1. The molecular weight excluding hydrogens is 492 g/mol. The smallest absolute Gasteiger partial charge is 0.246 e. The highest BCUT2D eigenvalue weighted by Gasteiger charge is 2.55. The molecule has 1 aliphatic heterocycles. The quantitative estimate of drug-likeness (QED) is 0.386. The van der Waals surface area contributed by atoms with Crippen LogP contribution in [0.4, 0.5) is 0 Å². The molecule has 1 saturated heterocycles. The van der Waals surface area contributed by atoms with Crippen molar-refractivity contribution in [3.8, 4) is 11.3 Å². The molecule has 0 unspecified atom stereocenters. The van der Waals surface area contributed by atoms with Crippen LogP contribution in [0, 0.1) is 11.3 Å². The summed E-state index contributed by atoms with van der Waals surface area (Å²) in [6.07, 6.45) is 5.19. The number of aromatic amines is 1. The summed E-state index contributed by atoms with van der Waals surface area (Å²) < 4.78 is 6.27. The number of benzene rings is 2. The number of hydrogen-bond donors (Lipinski definition) is 2. The topological polar surface area (TPSA) is 70.2 Å². The molecular formula is C27H31BrN4O2. The van der Waals surface area contributed by atoms with E-state index < -0.39 is 6.04 Å². The molecule has 1 spiro atoms. The summed E-state index contributed by atoms with van der Waals surface area (Å²) in [5.41, 5.74) is 2.29. The van der Waals surface area contributed by atoms with Crippen molar-refractivity contribution >= 4 is 32.6 Å². The fourth-order valence-electron chi connectivity index (χ4n) is 5.03. The van der Waals surface area contributed by atoms with Gasteiger partial charge in [0.1, 0.15) is 11.9 Å². The van der Waals surface area contributed by atoms with Crippen LogP contribution in [0.15, 0.2) is 59.5 Å². The standard InChI is InChI=1S/C27H31BrN4O2/c1-16(2)24(30-17(3)34-4)26(33)32-15-27(9-10-27)13-23(32)25-29-14-22(31-25)20-6-5-19-12-21(28)8-7-18(19)11-20/h5-8,11-12,14,16,23-24,30H,3,9-10,13,15H2,1-2,4H3,(H,29,31)/t23-,24-/m0/s1. The minimum absolute atomic E-state index is 0.0565. The van der Waals surface area contributed by atoms with Gasteiger partial charge in [-0.2, -0.15) is 0 Å². The molecule has 1 aliphatic carbocycles. The average Bonchev–Trinajstić information content (AvgIpc) is 3.23. The lowest BCUT2D eigenvalue weighted by molar-refractivity contribution is -0.136. The Morgan fingerprint density at radius 3 is 2.71 bits per heavy atom. The van der Waals surface area contributed by atoms with Crippen LogP contribution < -0.4 is 5.32 Å². The van der Waals surface area contributed by atoms with E-state index in [0.717, 1.165) is 34.5 Å². The monoisotopic (exact) mass is 522 g/mol. The van der Waals surface area contributed by atoms with Gasteiger partial charge in [0, 0.05) is 16.6 Å². The number of ether oxygens (including phenoxy) is 1. The van der Waals surface area contributed by atoms with Crippen LogP contribution in [0.5, 0.6) is 0 Å². The van der Waals surface area contributed by atoms with Gasteiger partial charge in [-0.05, 0) is 66.1 Å². The minimum Gasteiger partial charge on any atom is -0.483 e. The van der Waals surface area contributed by atoms with E-state index in [0.29, 0.717) is 5.88 Å². The predicted octanol–water partition coefficient (Wildman–Crippen LogP) is 5.78. The number of imidazole rings is 1. The van der Waals surface area contributed by atoms with Gasteiger partial charge in [-0.3, -0.25) is 4.79 Å². The molecule has 6 nitrogen and oxygen atoms in total. The zero-order valence-electron chi connectivity index (χ0n) is 19.9. The first-order chi connectivity index (χ1) is 16.3. The number of nitrogens with one attached hydrogen (secondary N) is 2. The van der Waals surface area contributed by atoms with Gasteiger partial charge in [0.05, 0.1) is 25.0 Å². The average molecular weight is 523 g/mol. The second-order valence-corrected chi connectivity index (χ2v) is 11.0. The van der Waals surface area contributed by atoms with Gasteiger partial charge in [0.2, 0.25) is 5.91 Å². The number of carbonyl (C=O) groups is 1. The Labute approximate surface area is 208 Å². The highest BCUT2D eigenvalue weighted by Crippen LogP contribution is 2.58. The zero-order valence-corrected chi connectivity index (χ0v) is 21.5. The van der Waals surface area contributed by atoms with Crippen LogP contribution in [0.2, 0.25) is 0 Å². The number of nitrogens with zero attached hydrogens (tertiary/aromatic N) is 2.